The number of ether oxygens (including phenoxy) is 1. The van der Waals surface area contributed by atoms with E-state index in [2.05, 4.69) is 34.4 Å². The zero-order valence-electron chi connectivity index (χ0n) is 12.2. The second-order valence-electron chi connectivity index (χ2n) is 4.98. The Labute approximate surface area is 114 Å². The molecule has 0 radical (unpaired) electrons. The summed E-state index contributed by atoms with van der Waals surface area (Å²) in [4.78, 5) is 19.9. The number of carbonyl (C=O) groups is 1. The van der Waals surface area contributed by atoms with E-state index in [1.165, 1.54) is 13.4 Å². The molecule has 1 aromatic heterocycles. The molecule has 106 valence electrons. The Balaban J connectivity index is 2.79. The van der Waals surface area contributed by atoms with Gasteiger partial charge in [-0.1, -0.05) is 6.92 Å². The van der Waals surface area contributed by atoms with Crippen molar-refractivity contribution in [1.82, 2.24) is 9.97 Å². The van der Waals surface area contributed by atoms with Crippen LogP contribution in [0.1, 0.15) is 34.1 Å². The summed E-state index contributed by atoms with van der Waals surface area (Å²) in [6, 6.07) is 2.10. The summed E-state index contributed by atoms with van der Waals surface area (Å²) in [5, 5.41) is 6.29. The first kappa shape index (κ1) is 15.2. The van der Waals surface area contributed by atoms with Crippen LogP contribution in [0.2, 0.25) is 0 Å². The van der Waals surface area contributed by atoms with Gasteiger partial charge in [0, 0.05) is 12.1 Å². The molecule has 0 bridgehead atoms. The van der Waals surface area contributed by atoms with Crippen molar-refractivity contribution in [3.8, 4) is 0 Å². The molecule has 0 aliphatic carbocycles. The van der Waals surface area contributed by atoms with Gasteiger partial charge < -0.3 is 15.4 Å². The third kappa shape index (κ3) is 4.39. The van der Waals surface area contributed by atoms with Gasteiger partial charge in [0.25, 0.3) is 0 Å². The molecule has 0 aromatic carbocycles. The summed E-state index contributed by atoms with van der Waals surface area (Å²) < 4.78 is 4.74. The minimum absolute atomic E-state index is 0.330. The summed E-state index contributed by atoms with van der Waals surface area (Å²) in [6.45, 7) is 7.65. The van der Waals surface area contributed by atoms with Crippen LogP contribution < -0.4 is 10.6 Å². The van der Waals surface area contributed by atoms with Crippen LogP contribution >= 0.6 is 0 Å². The number of esters is 1. The molecule has 6 heteroatoms. The van der Waals surface area contributed by atoms with Crippen LogP contribution in [0.5, 0.6) is 0 Å². The summed E-state index contributed by atoms with van der Waals surface area (Å²) in [5.41, 5.74) is -0.837. The van der Waals surface area contributed by atoms with Crippen LogP contribution in [0.25, 0.3) is 0 Å². The van der Waals surface area contributed by atoms with Crippen LogP contribution in [0, 0.1) is 0 Å². The topological polar surface area (TPSA) is 76.1 Å². The molecule has 0 aliphatic heterocycles. The van der Waals surface area contributed by atoms with Crippen molar-refractivity contribution in [3.63, 3.8) is 0 Å². The summed E-state index contributed by atoms with van der Waals surface area (Å²) in [5.74, 6) is 0.964. The molecule has 1 aromatic rings. The maximum Gasteiger partial charge on any atom is 0.330 e. The molecule has 0 saturated heterocycles. The molecule has 2 N–H and O–H groups in total. The Hall–Kier alpha value is -1.85. The lowest BCUT2D eigenvalue weighted by Crippen LogP contribution is -2.41. The predicted molar refractivity (Wildman–Crippen MR) is 75.1 cm³/mol. The fraction of sp³-hybridized carbons (Fsp3) is 0.615. The molecule has 0 amide bonds. The van der Waals surface area contributed by atoms with Crippen LogP contribution in [-0.4, -0.2) is 34.6 Å². The lowest BCUT2D eigenvalue weighted by molar-refractivity contribution is -0.144. The molecule has 0 saturated carbocycles. The largest absolute Gasteiger partial charge is 0.467 e. The maximum atomic E-state index is 11.6. The van der Waals surface area contributed by atoms with Gasteiger partial charge in [0.05, 0.1) is 7.11 Å². The van der Waals surface area contributed by atoms with Crippen LogP contribution in [0.15, 0.2) is 12.4 Å². The SMILES string of the molecule is CCC(C)Nc1cc(NC(C)(C)C(=O)OC)ncn1. The molecule has 0 fully saturated rings. The van der Waals surface area contributed by atoms with Gasteiger partial charge in [0.1, 0.15) is 23.5 Å². The van der Waals surface area contributed by atoms with E-state index in [-0.39, 0.29) is 5.97 Å². The van der Waals surface area contributed by atoms with E-state index in [9.17, 15) is 4.79 Å². The Morgan fingerprint density at radius 3 is 2.63 bits per heavy atom. The number of aromatic nitrogens is 2. The molecule has 1 unspecified atom stereocenters. The number of hydrogen-bond donors (Lipinski definition) is 2. The van der Waals surface area contributed by atoms with Gasteiger partial charge >= 0.3 is 5.97 Å². The van der Waals surface area contributed by atoms with Crippen molar-refractivity contribution in [3.05, 3.63) is 12.4 Å². The summed E-state index contributed by atoms with van der Waals surface area (Å²) in [7, 11) is 1.36. The van der Waals surface area contributed by atoms with Gasteiger partial charge in [-0.05, 0) is 27.2 Å². The first-order valence-corrected chi connectivity index (χ1v) is 6.34. The number of nitrogens with zero attached hydrogens (tertiary/aromatic N) is 2. The quantitative estimate of drug-likeness (QED) is 0.767. The fourth-order valence-electron chi connectivity index (χ4n) is 1.49. The molecule has 0 spiro atoms. The van der Waals surface area contributed by atoms with Gasteiger partial charge in [0.15, 0.2) is 0 Å². The van der Waals surface area contributed by atoms with E-state index in [0.717, 1.165) is 12.2 Å². The van der Waals surface area contributed by atoms with E-state index in [1.54, 1.807) is 19.9 Å². The molecule has 1 heterocycles. The van der Waals surface area contributed by atoms with E-state index < -0.39 is 5.54 Å². The summed E-state index contributed by atoms with van der Waals surface area (Å²) >= 11 is 0. The highest BCUT2D eigenvalue weighted by atomic mass is 16.5. The van der Waals surface area contributed by atoms with Crippen molar-refractivity contribution in [1.29, 1.82) is 0 Å². The van der Waals surface area contributed by atoms with Gasteiger partial charge in [-0.2, -0.15) is 0 Å². The molecule has 6 nitrogen and oxygen atoms in total. The minimum atomic E-state index is -0.837. The number of methoxy groups -OCH3 is 1. The highest BCUT2D eigenvalue weighted by Crippen LogP contribution is 2.16. The Morgan fingerprint density at radius 1 is 1.42 bits per heavy atom. The lowest BCUT2D eigenvalue weighted by atomic mass is 10.1. The Bertz CT molecular complexity index is 434. The van der Waals surface area contributed by atoms with Crippen molar-refractivity contribution >= 4 is 17.6 Å². The minimum Gasteiger partial charge on any atom is -0.467 e. The highest BCUT2D eigenvalue weighted by Gasteiger charge is 2.28. The molecular formula is C13H22N4O2. The van der Waals surface area contributed by atoms with Crippen molar-refractivity contribution in [2.24, 2.45) is 0 Å². The highest BCUT2D eigenvalue weighted by molar-refractivity contribution is 5.83. The standard InChI is InChI=1S/C13H22N4O2/c1-6-9(2)16-10-7-11(15-8-14-10)17-13(3,4)12(18)19-5/h7-9H,6H2,1-5H3,(H2,14,15,16,17). The van der Waals surface area contributed by atoms with E-state index in [4.69, 9.17) is 4.74 Å². The number of rotatable bonds is 6. The Kier molecular flexibility index (Phi) is 5.09. The van der Waals surface area contributed by atoms with Crippen LogP contribution in [-0.2, 0) is 9.53 Å². The molecule has 19 heavy (non-hydrogen) atoms. The normalized spacial score (nSPS) is 12.7. The number of hydrogen-bond acceptors (Lipinski definition) is 6. The molecular weight excluding hydrogens is 244 g/mol. The first-order chi connectivity index (χ1) is 8.89. The van der Waals surface area contributed by atoms with Gasteiger partial charge in [-0.25, -0.2) is 14.8 Å². The number of carbonyl (C=O) groups excluding carboxylic acids is 1. The molecule has 1 rings (SSSR count). The zero-order valence-corrected chi connectivity index (χ0v) is 12.2. The number of nitrogens with one attached hydrogen (secondary N) is 2. The van der Waals surface area contributed by atoms with Crippen LogP contribution in [0.4, 0.5) is 11.6 Å². The Morgan fingerprint density at radius 2 is 2.05 bits per heavy atom. The first-order valence-electron chi connectivity index (χ1n) is 6.34. The lowest BCUT2D eigenvalue weighted by Gasteiger charge is -2.23. The maximum absolute atomic E-state index is 11.6. The summed E-state index contributed by atoms with van der Waals surface area (Å²) in [6.07, 6.45) is 2.46. The predicted octanol–water partition coefficient (Wildman–Crippen LogP) is 2.05. The van der Waals surface area contributed by atoms with Gasteiger partial charge in [-0.3, -0.25) is 0 Å². The second-order valence-corrected chi connectivity index (χ2v) is 4.98. The van der Waals surface area contributed by atoms with E-state index in [0.29, 0.717) is 11.9 Å². The van der Waals surface area contributed by atoms with E-state index in [1.807, 2.05) is 0 Å². The second kappa shape index (κ2) is 6.36. The van der Waals surface area contributed by atoms with E-state index >= 15 is 0 Å². The third-order valence-electron chi connectivity index (χ3n) is 2.81. The van der Waals surface area contributed by atoms with Gasteiger partial charge in [-0.15, -0.1) is 0 Å². The average Bonchev–Trinajstić information content (AvgIpc) is 2.37. The smallest absolute Gasteiger partial charge is 0.330 e. The zero-order chi connectivity index (χ0) is 14.5. The third-order valence-corrected chi connectivity index (χ3v) is 2.81. The van der Waals surface area contributed by atoms with Crippen LogP contribution in [0.3, 0.4) is 0 Å². The molecule has 1 atom stereocenters. The molecule has 0 aliphatic rings. The van der Waals surface area contributed by atoms with Crippen molar-refractivity contribution in [2.75, 3.05) is 17.7 Å². The fourth-order valence-corrected chi connectivity index (χ4v) is 1.49. The van der Waals surface area contributed by atoms with Gasteiger partial charge in [0.2, 0.25) is 0 Å². The number of anilines is 2. The van der Waals surface area contributed by atoms with Crippen molar-refractivity contribution < 1.29 is 9.53 Å². The monoisotopic (exact) mass is 266 g/mol. The van der Waals surface area contributed by atoms with Crippen molar-refractivity contribution in [2.45, 2.75) is 45.7 Å². The average molecular weight is 266 g/mol.